The molecular formula is C15H14N2O2. The molecule has 2 heterocycles. The normalized spacial score (nSPS) is 11.1. The van der Waals surface area contributed by atoms with Crippen molar-refractivity contribution < 1.29 is 9.90 Å². The van der Waals surface area contributed by atoms with Gasteiger partial charge in [0.05, 0.1) is 5.56 Å². The van der Waals surface area contributed by atoms with Crippen LogP contribution < -0.4 is 0 Å². The number of hydrogen-bond donors (Lipinski definition) is 2. The number of rotatable bonds is 2. The highest BCUT2D eigenvalue weighted by Crippen LogP contribution is 2.30. The number of aromatic carboxylic acids is 1. The Bertz CT molecular complexity index is 781. The molecule has 96 valence electrons. The molecule has 0 unspecified atom stereocenters. The van der Waals surface area contributed by atoms with E-state index < -0.39 is 5.97 Å². The van der Waals surface area contributed by atoms with Gasteiger partial charge in [-0.05, 0) is 19.1 Å². The Morgan fingerprint density at radius 1 is 1.32 bits per heavy atom. The van der Waals surface area contributed by atoms with Crippen LogP contribution in [-0.2, 0) is 7.05 Å². The number of nitrogens with zero attached hydrogens (tertiary/aromatic N) is 1. The zero-order valence-electron chi connectivity index (χ0n) is 10.8. The molecule has 0 saturated heterocycles. The third kappa shape index (κ3) is 1.73. The number of hydrogen-bond acceptors (Lipinski definition) is 1. The summed E-state index contributed by atoms with van der Waals surface area (Å²) in [6, 6.07) is 9.77. The highest BCUT2D eigenvalue weighted by Gasteiger charge is 2.15. The van der Waals surface area contributed by atoms with Crippen LogP contribution in [0.25, 0.3) is 22.2 Å². The fraction of sp³-hybridized carbons (Fsp3) is 0.133. The first kappa shape index (κ1) is 11.6. The van der Waals surface area contributed by atoms with Crippen molar-refractivity contribution in [2.75, 3.05) is 0 Å². The van der Waals surface area contributed by atoms with E-state index in [-0.39, 0.29) is 0 Å². The van der Waals surface area contributed by atoms with Gasteiger partial charge in [-0.15, -0.1) is 0 Å². The Morgan fingerprint density at radius 3 is 2.74 bits per heavy atom. The number of nitrogens with one attached hydrogen (secondary N) is 1. The maximum atomic E-state index is 11.1. The first-order valence-corrected chi connectivity index (χ1v) is 6.05. The van der Waals surface area contributed by atoms with E-state index in [2.05, 4.69) is 4.98 Å². The van der Waals surface area contributed by atoms with Gasteiger partial charge in [0.2, 0.25) is 0 Å². The summed E-state index contributed by atoms with van der Waals surface area (Å²) in [5.41, 5.74) is 3.99. The van der Waals surface area contributed by atoms with Gasteiger partial charge in [0.1, 0.15) is 0 Å². The number of carboxylic acid groups (broad SMARTS) is 1. The van der Waals surface area contributed by atoms with Gasteiger partial charge in [-0.25, -0.2) is 4.79 Å². The predicted octanol–water partition coefficient (Wildman–Crippen LogP) is 3.18. The maximum Gasteiger partial charge on any atom is 0.337 e. The molecule has 0 radical (unpaired) electrons. The average molecular weight is 254 g/mol. The fourth-order valence-electron chi connectivity index (χ4n) is 2.48. The lowest BCUT2D eigenvalue weighted by Crippen LogP contribution is -1.95. The van der Waals surface area contributed by atoms with E-state index in [0.29, 0.717) is 11.3 Å². The van der Waals surface area contributed by atoms with E-state index in [0.717, 1.165) is 22.2 Å². The average Bonchev–Trinajstić information content (AvgIpc) is 2.91. The monoisotopic (exact) mass is 254 g/mol. The quantitative estimate of drug-likeness (QED) is 0.738. The summed E-state index contributed by atoms with van der Waals surface area (Å²) in [5, 5.41) is 10.2. The first-order chi connectivity index (χ1) is 9.08. The molecule has 2 N–H and O–H groups in total. The number of carboxylic acids is 1. The van der Waals surface area contributed by atoms with Crippen molar-refractivity contribution >= 4 is 16.9 Å². The van der Waals surface area contributed by atoms with Crippen LogP contribution in [-0.4, -0.2) is 20.6 Å². The standard InChI is InChI=1S/C15H14N2O2/c1-9-11(15(18)19)7-13(16-9)12-8-17(2)14-6-4-3-5-10(12)14/h3-8,16H,1-2H3,(H,18,19). The minimum atomic E-state index is -0.903. The maximum absolute atomic E-state index is 11.1. The van der Waals surface area contributed by atoms with E-state index in [1.165, 1.54) is 0 Å². The van der Waals surface area contributed by atoms with Crippen LogP contribution in [0, 0.1) is 6.92 Å². The van der Waals surface area contributed by atoms with Crippen LogP contribution in [0.4, 0.5) is 0 Å². The zero-order valence-corrected chi connectivity index (χ0v) is 10.8. The molecule has 0 aliphatic heterocycles. The van der Waals surface area contributed by atoms with Crippen molar-refractivity contribution in [3.05, 3.63) is 47.8 Å². The van der Waals surface area contributed by atoms with Crippen LogP contribution in [0.1, 0.15) is 16.1 Å². The van der Waals surface area contributed by atoms with Crippen LogP contribution in [0.2, 0.25) is 0 Å². The molecule has 19 heavy (non-hydrogen) atoms. The molecule has 1 aromatic carbocycles. The van der Waals surface area contributed by atoms with Gasteiger partial charge in [-0.1, -0.05) is 18.2 Å². The fourth-order valence-corrected chi connectivity index (χ4v) is 2.48. The van der Waals surface area contributed by atoms with Crippen molar-refractivity contribution in [3.8, 4) is 11.3 Å². The Morgan fingerprint density at radius 2 is 2.05 bits per heavy atom. The summed E-state index contributed by atoms with van der Waals surface area (Å²) in [6.07, 6.45) is 2.02. The van der Waals surface area contributed by atoms with Crippen LogP contribution >= 0.6 is 0 Å². The second-order valence-corrected chi connectivity index (χ2v) is 4.70. The molecule has 0 saturated carbocycles. The van der Waals surface area contributed by atoms with Gasteiger partial charge < -0.3 is 14.7 Å². The van der Waals surface area contributed by atoms with Gasteiger partial charge in [0, 0.05) is 41.1 Å². The summed E-state index contributed by atoms with van der Waals surface area (Å²) in [5.74, 6) is -0.903. The lowest BCUT2D eigenvalue weighted by molar-refractivity contribution is 0.0696. The lowest BCUT2D eigenvalue weighted by Gasteiger charge is -1.95. The third-order valence-corrected chi connectivity index (χ3v) is 3.43. The number of aromatic amines is 1. The van der Waals surface area contributed by atoms with Crippen molar-refractivity contribution in [2.45, 2.75) is 6.92 Å². The molecular weight excluding hydrogens is 240 g/mol. The van der Waals surface area contributed by atoms with Gasteiger partial charge in [0.15, 0.2) is 0 Å². The van der Waals surface area contributed by atoms with Crippen molar-refractivity contribution in [3.63, 3.8) is 0 Å². The summed E-state index contributed by atoms with van der Waals surface area (Å²) in [6.45, 7) is 1.78. The van der Waals surface area contributed by atoms with Crippen molar-refractivity contribution in [1.29, 1.82) is 0 Å². The predicted molar refractivity (Wildman–Crippen MR) is 74.4 cm³/mol. The summed E-state index contributed by atoms with van der Waals surface area (Å²) < 4.78 is 2.04. The molecule has 3 aromatic rings. The molecule has 0 amide bonds. The van der Waals surface area contributed by atoms with Crippen LogP contribution in [0.5, 0.6) is 0 Å². The summed E-state index contributed by atoms with van der Waals surface area (Å²) in [4.78, 5) is 14.3. The molecule has 0 bridgehead atoms. The van der Waals surface area contributed by atoms with Crippen molar-refractivity contribution in [2.24, 2.45) is 7.05 Å². The summed E-state index contributed by atoms with van der Waals surface area (Å²) in [7, 11) is 1.99. The molecule has 4 heteroatoms. The minimum absolute atomic E-state index is 0.322. The number of aromatic nitrogens is 2. The van der Waals surface area contributed by atoms with Crippen molar-refractivity contribution in [1.82, 2.24) is 9.55 Å². The Labute approximate surface area is 110 Å². The molecule has 2 aromatic heterocycles. The van der Waals surface area contributed by atoms with Gasteiger partial charge in [-0.2, -0.15) is 0 Å². The number of H-pyrrole nitrogens is 1. The third-order valence-electron chi connectivity index (χ3n) is 3.43. The van der Waals surface area contributed by atoms with E-state index >= 15 is 0 Å². The van der Waals surface area contributed by atoms with Gasteiger partial charge in [0.25, 0.3) is 0 Å². The molecule has 0 atom stereocenters. The Kier molecular flexibility index (Phi) is 2.45. The molecule has 4 nitrogen and oxygen atoms in total. The molecule has 0 spiro atoms. The largest absolute Gasteiger partial charge is 0.478 e. The van der Waals surface area contributed by atoms with Crippen LogP contribution in [0.15, 0.2) is 36.5 Å². The number of aryl methyl sites for hydroxylation is 2. The molecule has 0 aliphatic carbocycles. The molecule has 0 aliphatic rings. The first-order valence-electron chi connectivity index (χ1n) is 6.05. The minimum Gasteiger partial charge on any atom is -0.478 e. The number of fused-ring (bicyclic) bond motifs is 1. The lowest BCUT2D eigenvalue weighted by atomic mass is 10.1. The van der Waals surface area contributed by atoms with Gasteiger partial charge >= 0.3 is 5.97 Å². The highest BCUT2D eigenvalue weighted by molar-refractivity contribution is 5.97. The number of benzene rings is 1. The smallest absolute Gasteiger partial charge is 0.337 e. The van der Waals surface area contributed by atoms with E-state index in [1.54, 1.807) is 13.0 Å². The number of para-hydroxylation sites is 1. The zero-order chi connectivity index (χ0) is 13.6. The van der Waals surface area contributed by atoms with E-state index in [1.807, 2.05) is 42.1 Å². The molecule has 0 fully saturated rings. The van der Waals surface area contributed by atoms with E-state index in [9.17, 15) is 4.79 Å². The van der Waals surface area contributed by atoms with Crippen LogP contribution in [0.3, 0.4) is 0 Å². The topological polar surface area (TPSA) is 58.0 Å². The van der Waals surface area contributed by atoms with E-state index in [4.69, 9.17) is 5.11 Å². The molecule has 3 rings (SSSR count). The SMILES string of the molecule is Cc1[nH]c(-c2cn(C)c3ccccc23)cc1C(=O)O. The second-order valence-electron chi connectivity index (χ2n) is 4.70. The van der Waals surface area contributed by atoms with Gasteiger partial charge in [-0.3, -0.25) is 0 Å². The Hall–Kier alpha value is -2.49. The highest BCUT2D eigenvalue weighted by atomic mass is 16.4. The Balaban J connectivity index is 2.25. The number of carbonyl (C=O) groups is 1. The summed E-state index contributed by atoms with van der Waals surface area (Å²) >= 11 is 0. The second kappa shape index (κ2) is 4.02.